The molecular formula is C20H22O6. The van der Waals surface area contributed by atoms with E-state index in [0.29, 0.717) is 11.1 Å². The minimum atomic E-state index is -0.701. The van der Waals surface area contributed by atoms with Crippen molar-refractivity contribution in [2.75, 3.05) is 19.8 Å². The van der Waals surface area contributed by atoms with E-state index in [9.17, 15) is 14.4 Å². The van der Waals surface area contributed by atoms with Crippen LogP contribution >= 0.6 is 0 Å². The maximum Gasteiger partial charge on any atom is 0.338 e. The molecule has 0 aromatic heterocycles. The zero-order valence-corrected chi connectivity index (χ0v) is 15.0. The molecule has 0 aliphatic carbocycles. The number of benzene rings is 1. The van der Waals surface area contributed by atoms with Gasteiger partial charge in [-0.3, -0.25) is 0 Å². The molecule has 0 aliphatic heterocycles. The van der Waals surface area contributed by atoms with Crippen LogP contribution in [0.1, 0.15) is 44.9 Å². The van der Waals surface area contributed by atoms with E-state index in [-0.39, 0.29) is 36.5 Å². The summed E-state index contributed by atoms with van der Waals surface area (Å²) in [7, 11) is 0. The first-order valence-corrected chi connectivity index (χ1v) is 7.80. The van der Waals surface area contributed by atoms with E-state index in [2.05, 4.69) is 19.7 Å². The van der Waals surface area contributed by atoms with Crippen molar-refractivity contribution in [3.8, 4) is 0 Å². The van der Waals surface area contributed by atoms with Crippen LogP contribution in [0.5, 0.6) is 0 Å². The third-order valence-electron chi connectivity index (χ3n) is 2.87. The molecule has 0 atom stereocenters. The van der Waals surface area contributed by atoms with Gasteiger partial charge in [0.25, 0.3) is 0 Å². The summed E-state index contributed by atoms with van der Waals surface area (Å²) in [6.07, 6.45) is 1.41. The predicted molar refractivity (Wildman–Crippen MR) is 97.1 cm³/mol. The smallest absolute Gasteiger partial charge is 0.338 e. The lowest BCUT2D eigenvalue weighted by Crippen LogP contribution is -2.14. The summed E-state index contributed by atoms with van der Waals surface area (Å²) in [5.41, 5.74) is 1.39. The van der Waals surface area contributed by atoms with Gasteiger partial charge in [0.1, 0.15) is 19.8 Å². The fraction of sp³-hybridized carbons (Fsp3) is 0.250. The minimum Gasteiger partial charge on any atom is -0.458 e. The van der Waals surface area contributed by atoms with Gasteiger partial charge < -0.3 is 14.2 Å². The van der Waals surface area contributed by atoms with Crippen molar-refractivity contribution in [2.45, 2.75) is 13.8 Å². The second kappa shape index (κ2) is 9.98. The molecule has 0 N–H and O–H groups in total. The first-order valence-electron chi connectivity index (χ1n) is 7.80. The maximum atomic E-state index is 12.2. The lowest BCUT2D eigenvalue weighted by molar-refractivity contribution is 0.0538. The fourth-order valence-electron chi connectivity index (χ4n) is 1.74. The van der Waals surface area contributed by atoms with Crippen LogP contribution in [-0.4, -0.2) is 37.7 Å². The number of carbonyl (C=O) groups excluding carboxylic acids is 3. The van der Waals surface area contributed by atoms with Gasteiger partial charge in [-0.05, 0) is 43.2 Å². The van der Waals surface area contributed by atoms with E-state index < -0.39 is 17.9 Å². The highest BCUT2D eigenvalue weighted by Crippen LogP contribution is 2.15. The topological polar surface area (TPSA) is 78.9 Å². The molecule has 0 spiro atoms. The average molecular weight is 358 g/mol. The monoisotopic (exact) mass is 358 g/mol. The Kier molecular flexibility index (Phi) is 8.02. The van der Waals surface area contributed by atoms with Gasteiger partial charge in [-0.15, -0.1) is 0 Å². The Hall–Kier alpha value is -3.15. The molecule has 138 valence electrons. The second-order valence-electron chi connectivity index (χ2n) is 5.75. The third-order valence-corrected chi connectivity index (χ3v) is 2.87. The molecule has 1 aromatic carbocycles. The van der Waals surface area contributed by atoms with E-state index in [4.69, 9.17) is 14.2 Å². The van der Waals surface area contributed by atoms with Crippen LogP contribution in [0, 0.1) is 0 Å². The number of carbonyl (C=O) groups is 3. The Bertz CT molecular complexity index is 696. The Morgan fingerprint density at radius 1 is 0.808 bits per heavy atom. The first-order chi connectivity index (χ1) is 12.2. The molecule has 0 aliphatic rings. The molecule has 6 heteroatoms. The SMILES string of the molecule is C=CCOC(=O)c1cc(C(=O)OCC(=C)C)cc(C(=O)OCC(=C)C)c1. The van der Waals surface area contributed by atoms with Crippen LogP contribution in [0.25, 0.3) is 0 Å². The molecule has 1 rings (SSSR count). The van der Waals surface area contributed by atoms with Gasteiger partial charge in [0.2, 0.25) is 0 Å². The van der Waals surface area contributed by atoms with Gasteiger partial charge in [-0.2, -0.15) is 0 Å². The first kappa shape index (κ1) is 20.9. The number of hydrogen-bond donors (Lipinski definition) is 0. The molecule has 0 saturated carbocycles. The second-order valence-corrected chi connectivity index (χ2v) is 5.75. The van der Waals surface area contributed by atoms with Crippen LogP contribution in [0.2, 0.25) is 0 Å². The summed E-state index contributed by atoms with van der Waals surface area (Å²) >= 11 is 0. The number of rotatable bonds is 9. The van der Waals surface area contributed by atoms with Gasteiger partial charge in [-0.25, -0.2) is 14.4 Å². The quantitative estimate of drug-likeness (QED) is 0.382. The van der Waals surface area contributed by atoms with Crippen molar-refractivity contribution in [3.05, 3.63) is 71.8 Å². The van der Waals surface area contributed by atoms with Gasteiger partial charge in [0, 0.05) is 0 Å². The molecule has 0 fully saturated rings. The Morgan fingerprint density at radius 2 is 1.15 bits per heavy atom. The lowest BCUT2D eigenvalue weighted by Gasteiger charge is -2.10. The number of esters is 3. The highest BCUT2D eigenvalue weighted by molar-refractivity contribution is 6.00. The average Bonchev–Trinajstić information content (AvgIpc) is 2.61. The van der Waals surface area contributed by atoms with E-state index in [1.807, 2.05) is 0 Å². The van der Waals surface area contributed by atoms with E-state index >= 15 is 0 Å². The molecule has 1 aromatic rings. The van der Waals surface area contributed by atoms with Crippen molar-refractivity contribution in [1.29, 1.82) is 0 Å². The molecule has 0 saturated heterocycles. The molecule has 0 amide bonds. The third kappa shape index (κ3) is 6.76. The molecule has 0 unspecified atom stereocenters. The molecule has 0 radical (unpaired) electrons. The van der Waals surface area contributed by atoms with E-state index in [0.717, 1.165) is 0 Å². The van der Waals surface area contributed by atoms with E-state index in [1.54, 1.807) is 13.8 Å². The standard InChI is InChI=1S/C20H22O6/c1-6-7-24-18(21)15-8-16(19(22)25-11-13(2)3)10-17(9-15)20(23)26-12-14(4)5/h6,8-10H,1-2,4,7,11-12H2,3,5H3. The molecule has 26 heavy (non-hydrogen) atoms. The predicted octanol–water partition coefficient (Wildman–Crippen LogP) is 3.50. The number of ether oxygens (including phenoxy) is 3. The summed E-state index contributed by atoms with van der Waals surface area (Å²) in [5.74, 6) is -2.09. The van der Waals surface area contributed by atoms with Gasteiger partial charge in [0.15, 0.2) is 0 Å². The van der Waals surface area contributed by atoms with Crippen LogP contribution in [0.3, 0.4) is 0 Å². The molecule has 0 heterocycles. The Labute approximate surface area is 152 Å². The summed E-state index contributed by atoms with van der Waals surface area (Å²) in [4.78, 5) is 36.4. The number of hydrogen-bond acceptors (Lipinski definition) is 6. The van der Waals surface area contributed by atoms with Crippen LogP contribution < -0.4 is 0 Å². The van der Waals surface area contributed by atoms with Gasteiger partial charge in [-0.1, -0.05) is 25.8 Å². The van der Waals surface area contributed by atoms with Crippen LogP contribution in [0.15, 0.2) is 55.2 Å². The minimum absolute atomic E-state index is 0.00138. The fourth-order valence-corrected chi connectivity index (χ4v) is 1.74. The zero-order valence-electron chi connectivity index (χ0n) is 15.0. The highest BCUT2D eigenvalue weighted by Gasteiger charge is 2.19. The summed E-state index contributed by atoms with van der Waals surface area (Å²) in [6, 6.07) is 3.88. The van der Waals surface area contributed by atoms with Crippen LogP contribution in [0.4, 0.5) is 0 Å². The summed E-state index contributed by atoms with van der Waals surface area (Å²) in [6.45, 7) is 14.2. The normalized spacial score (nSPS) is 9.77. The maximum absolute atomic E-state index is 12.2. The van der Waals surface area contributed by atoms with Crippen LogP contribution in [-0.2, 0) is 14.2 Å². The van der Waals surface area contributed by atoms with Crippen molar-refractivity contribution in [2.24, 2.45) is 0 Å². The molecule has 6 nitrogen and oxygen atoms in total. The van der Waals surface area contributed by atoms with E-state index in [1.165, 1.54) is 24.3 Å². The highest BCUT2D eigenvalue weighted by atomic mass is 16.5. The van der Waals surface area contributed by atoms with Gasteiger partial charge in [0.05, 0.1) is 16.7 Å². The Morgan fingerprint density at radius 3 is 1.46 bits per heavy atom. The molecular weight excluding hydrogens is 336 g/mol. The van der Waals surface area contributed by atoms with Crippen molar-refractivity contribution in [1.82, 2.24) is 0 Å². The molecule has 0 bridgehead atoms. The van der Waals surface area contributed by atoms with Crippen molar-refractivity contribution in [3.63, 3.8) is 0 Å². The summed E-state index contributed by atoms with van der Waals surface area (Å²) in [5, 5.41) is 0. The lowest BCUT2D eigenvalue weighted by atomic mass is 10.1. The van der Waals surface area contributed by atoms with Crippen molar-refractivity contribution < 1.29 is 28.6 Å². The Balaban J connectivity index is 3.16. The largest absolute Gasteiger partial charge is 0.458 e. The van der Waals surface area contributed by atoms with Gasteiger partial charge >= 0.3 is 17.9 Å². The summed E-state index contributed by atoms with van der Waals surface area (Å²) < 4.78 is 15.1. The zero-order chi connectivity index (χ0) is 19.7. The van der Waals surface area contributed by atoms with Crippen molar-refractivity contribution >= 4 is 17.9 Å².